The Hall–Kier alpha value is -1.94. The van der Waals surface area contributed by atoms with Crippen LogP contribution in [0.3, 0.4) is 0 Å². The van der Waals surface area contributed by atoms with E-state index in [1.807, 2.05) is 0 Å². The van der Waals surface area contributed by atoms with Crippen molar-refractivity contribution in [2.75, 3.05) is 39.6 Å². The standard InChI is InChI=1S/C76H148O17P2/c1-7-9-11-13-15-17-19-21-22-23-24-25-26-27-28-29-31-33-42-48-54-60-75(80)92-71(64-86-73(78)58-52-46-40-32-30-20-18-16-14-12-10-8-2)66-90-94(82,83)88-62-70(77)63-89-95(84,85)91-67-72(93-76(81)61-55-49-43-37-35-39-45-51-57-69(5)6)65-87-74(79)59-53-47-41-36-34-38-44-50-56-68(3)4/h68-72,77H,7-67H2,1-6H3,(H,82,83)(H,84,85)/t70-,71-,72-/m1/s1. The predicted octanol–water partition coefficient (Wildman–Crippen LogP) is 22.3. The van der Waals surface area contributed by atoms with Crippen LogP contribution in [-0.2, 0) is 65.4 Å². The van der Waals surface area contributed by atoms with Gasteiger partial charge in [-0.2, -0.15) is 0 Å². The maximum Gasteiger partial charge on any atom is 0.472 e. The Kier molecular flexibility index (Phi) is 66.5. The van der Waals surface area contributed by atoms with Crippen LogP contribution in [0.15, 0.2) is 0 Å². The summed E-state index contributed by atoms with van der Waals surface area (Å²) in [6.45, 7) is 9.51. The molecule has 0 amide bonds. The van der Waals surface area contributed by atoms with Crippen molar-refractivity contribution < 1.29 is 80.2 Å². The molecule has 0 saturated carbocycles. The molecule has 19 heteroatoms. The fraction of sp³-hybridized carbons (Fsp3) is 0.947. The number of carbonyl (C=O) groups excluding carboxylic acids is 4. The Balaban J connectivity index is 5.19. The molecule has 0 aromatic carbocycles. The zero-order chi connectivity index (χ0) is 70.0. The van der Waals surface area contributed by atoms with Crippen molar-refractivity contribution in [1.29, 1.82) is 0 Å². The molecule has 0 heterocycles. The summed E-state index contributed by atoms with van der Waals surface area (Å²) < 4.78 is 68.5. The minimum absolute atomic E-state index is 0.104. The monoisotopic (exact) mass is 1400 g/mol. The van der Waals surface area contributed by atoms with E-state index in [0.717, 1.165) is 102 Å². The number of carbonyl (C=O) groups is 4. The zero-order valence-corrected chi connectivity index (χ0v) is 63.8. The molecule has 95 heavy (non-hydrogen) atoms. The maximum absolute atomic E-state index is 13.1. The highest BCUT2D eigenvalue weighted by Gasteiger charge is 2.30. The molecule has 0 rings (SSSR count). The summed E-state index contributed by atoms with van der Waals surface area (Å²) in [5.74, 6) is -0.674. The molecule has 0 bridgehead atoms. The molecule has 0 aliphatic heterocycles. The smallest absolute Gasteiger partial charge is 0.462 e. The summed E-state index contributed by atoms with van der Waals surface area (Å²) in [5, 5.41) is 10.6. The summed E-state index contributed by atoms with van der Waals surface area (Å²) >= 11 is 0. The van der Waals surface area contributed by atoms with Crippen LogP contribution < -0.4 is 0 Å². The number of esters is 4. The van der Waals surface area contributed by atoms with Crippen LogP contribution in [0, 0.1) is 11.8 Å². The molecule has 0 radical (unpaired) electrons. The van der Waals surface area contributed by atoms with Crippen molar-refractivity contribution in [3.8, 4) is 0 Å². The van der Waals surface area contributed by atoms with E-state index < -0.39 is 97.5 Å². The van der Waals surface area contributed by atoms with E-state index in [1.165, 1.54) is 212 Å². The van der Waals surface area contributed by atoms with Crippen molar-refractivity contribution in [3.63, 3.8) is 0 Å². The summed E-state index contributed by atoms with van der Waals surface area (Å²) in [4.78, 5) is 72.7. The highest BCUT2D eigenvalue weighted by atomic mass is 31.2. The summed E-state index contributed by atoms with van der Waals surface area (Å²) in [5.41, 5.74) is 0. The number of ether oxygens (including phenoxy) is 4. The van der Waals surface area contributed by atoms with Crippen LogP contribution in [0.1, 0.15) is 395 Å². The first-order valence-electron chi connectivity index (χ1n) is 39.5. The van der Waals surface area contributed by atoms with E-state index >= 15 is 0 Å². The third-order valence-corrected chi connectivity index (χ3v) is 19.6. The van der Waals surface area contributed by atoms with Gasteiger partial charge in [-0.25, -0.2) is 9.13 Å². The molecule has 0 aliphatic carbocycles. The van der Waals surface area contributed by atoms with Gasteiger partial charge in [0.1, 0.15) is 19.3 Å². The number of phosphoric ester groups is 2. The van der Waals surface area contributed by atoms with Crippen molar-refractivity contribution in [2.45, 2.75) is 413 Å². The van der Waals surface area contributed by atoms with E-state index in [0.29, 0.717) is 25.7 Å². The molecular weight excluding hydrogens is 1250 g/mol. The minimum Gasteiger partial charge on any atom is -0.462 e. The van der Waals surface area contributed by atoms with Gasteiger partial charge in [0.25, 0.3) is 0 Å². The van der Waals surface area contributed by atoms with Gasteiger partial charge in [-0.3, -0.25) is 37.3 Å². The lowest BCUT2D eigenvalue weighted by Crippen LogP contribution is -2.30. The lowest BCUT2D eigenvalue weighted by atomic mass is 10.0. The molecule has 2 unspecified atom stereocenters. The van der Waals surface area contributed by atoms with Crippen molar-refractivity contribution in [3.05, 3.63) is 0 Å². The first-order chi connectivity index (χ1) is 45.9. The van der Waals surface area contributed by atoms with Crippen molar-refractivity contribution in [2.24, 2.45) is 11.8 Å². The number of rotatable bonds is 75. The third-order valence-electron chi connectivity index (χ3n) is 17.7. The lowest BCUT2D eigenvalue weighted by Gasteiger charge is -2.21. The summed E-state index contributed by atoms with van der Waals surface area (Å²) in [6, 6.07) is 0. The quantitative estimate of drug-likeness (QED) is 0.0222. The van der Waals surface area contributed by atoms with Gasteiger partial charge in [-0.05, 0) is 37.5 Å². The van der Waals surface area contributed by atoms with Gasteiger partial charge in [0, 0.05) is 25.7 Å². The fourth-order valence-corrected chi connectivity index (χ4v) is 13.2. The first kappa shape index (κ1) is 93.1. The SMILES string of the molecule is CCCCCCCCCCCCCCCCCCCCCCCC(=O)O[C@H](COC(=O)CCCCCCCCCCCCCC)COP(=O)(O)OC[C@@H](O)COP(=O)(O)OC[C@@H](COC(=O)CCCCCCCCCCC(C)C)OC(=O)CCCCCCCCCCC(C)C. The van der Waals surface area contributed by atoms with Gasteiger partial charge in [0.05, 0.1) is 26.4 Å². The second-order valence-corrected chi connectivity index (χ2v) is 31.3. The van der Waals surface area contributed by atoms with Gasteiger partial charge in [-0.15, -0.1) is 0 Å². The van der Waals surface area contributed by atoms with Gasteiger partial charge in [0.2, 0.25) is 0 Å². The van der Waals surface area contributed by atoms with E-state index in [-0.39, 0.29) is 25.7 Å². The van der Waals surface area contributed by atoms with Crippen molar-refractivity contribution >= 4 is 39.5 Å². The molecule has 564 valence electrons. The average molecular weight is 1400 g/mol. The van der Waals surface area contributed by atoms with Gasteiger partial charge >= 0.3 is 39.5 Å². The normalized spacial score (nSPS) is 14.0. The largest absolute Gasteiger partial charge is 0.472 e. The highest BCUT2D eigenvalue weighted by molar-refractivity contribution is 7.47. The predicted molar refractivity (Wildman–Crippen MR) is 386 cm³/mol. The molecule has 17 nitrogen and oxygen atoms in total. The fourth-order valence-electron chi connectivity index (χ4n) is 11.7. The Bertz CT molecular complexity index is 1840. The topological polar surface area (TPSA) is 237 Å². The second kappa shape index (κ2) is 67.9. The first-order valence-corrected chi connectivity index (χ1v) is 42.5. The van der Waals surface area contributed by atoms with Crippen LogP contribution in [0.4, 0.5) is 0 Å². The third kappa shape index (κ3) is 70.3. The molecular formula is C76H148O17P2. The molecule has 5 atom stereocenters. The Labute approximate surface area is 581 Å². The van der Waals surface area contributed by atoms with Crippen molar-refractivity contribution in [1.82, 2.24) is 0 Å². The van der Waals surface area contributed by atoms with Gasteiger partial charge < -0.3 is 33.8 Å². The Morgan fingerprint density at radius 3 is 0.716 bits per heavy atom. The molecule has 0 saturated heterocycles. The lowest BCUT2D eigenvalue weighted by molar-refractivity contribution is -0.161. The number of aliphatic hydroxyl groups excluding tert-OH is 1. The maximum atomic E-state index is 13.1. The number of aliphatic hydroxyl groups is 1. The van der Waals surface area contributed by atoms with Crippen LogP contribution in [-0.4, -0.2) is 96.7 Å². The minimum atomic E-state index is -4.96. The summed E-state index contributed by atoms with van der Waals surface area (Å²) in [7, 11) is -9.91. The molecule has 0 fully saturated rings. The van der Waals surface area contributed by atoms with E-state index in [2.05, 4.69) is 41.5 Å². The highest BCUT2D eigenvalue weighted by Crippen LogP contribution is 2.45. The number of phosphoric acid groups is 2. The Morgan fingerprint density at radius 2 is 0.484 bits per heavy atom. The number of hydrogen-bond acceptors (Lipinski definition) is 15. The summed E-state index contributed by atoms with van der Waals surface area (Å²) in [6.07, 6.45) is 55.7. The van der Waals surface area contributed by atoms with Crippen LogP contribution >= 0.6 is 15.6 Å². The molecule has 0 aromatic rings. The van der Waals surface area contributed by atoms with Crippen LogP contribution in [0.2, 0.25) is 0 Å². The second-order valence-electron chi connectivity index (χ2n) is 28.3. The molecule has 0 aliphatic rings. The Morgan fingerprint density at radius 1 is 0.284 bits per heavy atom. The molecule has 0 aromatic heterocycles. The van der Waals surface area contributed by atoms with Gasteiger partial charge in [-0.1, -0.05) is 343 Å². The van der Waals surface area contributed by atoms with Gasteiger partial charge in [0.15, 0.2) is 12.2 Å². The number of hydrogen-bond donors (Lipinski definition) is 3. The van der Waals surface area contributed by atoms with E-state index in [9.17, 15) is 43.2 Å². The average Bonchev–Trinajstić information content (AvgIpc) is 1.58. The van der Waals surface area contributed by atoms with Crippen LogP contribution in [0.25, 0.3) is 0 Å². The molecule has 0 spiro atoms. The zero-order valence-electron chi connectivity index (χ0n) is 62.0. The number of unbranched alkanes of at least 4 members (excludes halogenated alkanes) is 45. The van der Waals surface area contributed by atoms with Crippen LogP contribution in [0.5, 0.6) is 0 Å². The van der Waals surface area contributed by atoms with E-state index in [1.54, 1.807) is 0 Å². The van der Waals surface area contributed by atoms with E-state index in [4.69, 9.17) is 37.0 Å². The molecule has 3 N–H and O–H groups in total.